The number of hydrazine groups is 1. The Kier molecular flexibility index (Phi) is 3.78. The van der Waals surface area contributed by atoms with E-state index in [0.29, 0.717) is 17.0 Å². The van der Waals surface area contributed by atoms with Crippen LogP contribution in [-0.4, -0.2) is 0 Å². The largest absolute Gasteiger partial charge is 0.271 e. The van der Waals surface area contributed by atoms with Crippen molar-refractivity contribution in [3.63, 3.8) is 0 Å². The van der Waals surface area contributed by atoms with Gasteiger partial charge >= 0.3 is 0 Å². The molecule has 2 fully saturated rings. The van der Waals surface area contributed by atoms with Gasteiger partial charge in [-0.15, -0.1) is 0 Å². The summed E-state index contributed by atoms with van der Waals surface area (Å²) in [6, 6.07) is 2.33. The van der Waals surface area contributed by atoms with Crippen molar-refractivity contribution in [2.75, 3.05) is 0 Å². The molecule has 0 radical (unpaired) electrons. The fourth-order valence-electron chi connectivity index (χ4n) is 4.20. The van der Waals surface area contributed by atoms with Crippen molar-refractivity contribution in [2.24, 2.45) is 23.6 Å². The van der Waals surface area contributed by atoms with E-state index in [-0.39, 0.29) is 6.04 Å². The lowest BCUT2D eigenvalue weighted by molar-refractivity contribution is 0.277. The van der Waals surface area contributed by atoms with Crippen LogP contribution in [0.2, 0.25) is 0 Å². The maximum absolute atomic E-state index is 14.0. The third kappa shape index (κ3) is 2.47. The number of hydrogen-bond donors (Lipinski definition) is 2. The van der Waals surface area contributed by atoms with Crippen LogP contribution < -0.4 is 11.3 Å². The Hall–Kier alpha value is -1.00. The van der Waals surface area contributed by atoms with Crippen LogP contribution >= 0.6 is 0 Å². The zero-order valence-corrected chi connectivity index (χ0v) is 11.8. The molecule has 2 saturated carbocycles. The summed E-state index contributed by atoms with van der Waals surface area (Å²) in [5, 5.41) is 0. The lowest BCUT2D eigenvalue weighted by atomic mass is 9.82. The number of aryl methyl sites for hydroxylation is 1. The second-order valence-corrected chi connectivity index (χ2v) is 6.51. The van der Waals surface area contributed by atoms with Crippen molar-refractivity contribution in [3.8, 4) is 0 Å². The molecular weight excluding hydrogens is 258 g/mol. The molecule has 0 saturated heterocycles. The number of nitrogens with one attached hydrogen (secondary N) is 1. The van der Waals surface area contributed by atoms with Crippen LogP contribution in [0.25, 0.3) is 0 Å². The molecule has 3 N–H and O–H groups in total. The number of benzene rings is 1. The normalized spacial score (nSPS) is 29.9. The molecule has 1 aromatic rings. The van der Waals surface area contributed by atoms with Crippen LogP contribution in [0.5, 0.6) is 0 Å². The van der Waals surface area contributed by atoms with E-state index in [1.165, 1.54) is 25.7 Å². The van der Waals surface area contributed by atoms with Crippen molar-refractivity contribution in [1.29, 1.82) is 0 Å². The number of hydrogen-bond acceptors (Lipinski definition) is 2. The van der Waals surface area contributed by atoms with Gasteiger partial charge in [-0.1, -0.05) is 6.42 Å². The van der Waals surface area contributed by atoms with Crippen LogP contribution in [0, 0.1) is 36.3 Å². The van der Waals surface area contributed by atoms with Crippen LogP contribution in [0.4, 0.5) is 8.78 Å². The Morgan fingerprint density at radius 2 is 2.05 bits per heavy atom. The zero-order chi connectivity index (χ0) is 14.3. The van der Waals surface area contributed by atoms with Gasteiger partial charge < -0.3 is 0 Å². The summed E-state index contributed by atoms with van der Waals surface area (Å²) in [5.74, 6) is 6.90. The lowest BCUT2D eigenvalue weighted by Gasteiger charge is -2.27. The summed E-state index contributed by atoms with van der Waals surface area (Å²) in [4.78, 5) is 0. The van der Waals surface area contributed by atoms with Gasteiger partial charge in [-0.3, -0.25) is 11.3 Å². The van der Waals surface area contributed by atoms with Gasteiger partial charge in [0.1, 0.15) is 11.6 Å². The SMILES string of the molecule is Cc1cc(C(CC2CC3CCC2C3)NN)c(F)cc1F. The van der Waals surface area contributed by atoms with E-state index < -0.39 is 11.6 Å². The average Bonchev–Trinajstić information content (AvgIpc) is 3.03. The maximum Gasteiger partial charge on any atom is 0.130 e. The third-order valence-electron chi connectivity index (χ3n) is 5.28. The lowest BCUT2D eigenvalue weighted by Crippen LogP contribution is -2.31. The van der Waals surface area contributed by atoms with Gasteiger partial charge in [-0.05, 0) is 62.0 Å². The van der Waals surface area contributed by atoms with Crippen LogP contribution in [0.15, 0.2) is 12.1 Å². The molecule has 0 aromatic heterocycles. The quantitative estimate of drug-likeness (QED) is 0.653. The second-order valence-electron chi connectivity index (χ2n) is 6.51. The monoisotopic (exact) mass is 280 g/mol. The highest BCUT2D eigenvalue weighted by Gasteiger charge is 2.40. The molecule has 4 atom stereocenters. The van der Waals surface area contributed by atoms with Crippen molar-refractivity contribution in [2.45, 2.75) is 45.1 Å². The summed E-state index contributed by atoms with van der Waals surface area (Å²) in [5.41, 5.74) is 3.69. The number of fused-ring (bicyclic) bond motifs is 2. The van der Waals surface area contributed by atoms with Gasteiger partial charge in [-0.25, -0.2) is 8.78 Å². The molecule has 20 heavy (non-hydrogen) atoms. The van der Waals surface area contributed by atoms with Gasteiger partial charge in [0, 0.05) is 17.7 Å². The van der Waals surface area contributed by atoms with Gasteiger partial charge in [-0.2, -0.15) is 0 Å². The molecule has 2 nitrogen and oxygen atoms in total. The average molecular weight is 280 g/mol. The van der Waals surface area contributed by atoms with Crippen molar-refractivity contribution in [1.82, 2.24) is 5.43 Å². The van der Waals surface area contributed by atoms with E-state index in [0.717, 1.165) is 24.3 Å². The second kappa shape index (κ2) is 5.41. The molecule has 0 aliphatic heterocycles. The first-order valence-corrected chi connectivity index (χ1v) is 7.50. The molecule has 2 aliphatic carbocycles. The van der Waals surface area contributed by atoms with Crippen LogP contribution in [0.1, 0.15) is 49.3 Å². The van der Waals surface area contributed by atoms with E-state index in [9.17, 15) is 8.78 Å². The van der Waals surface area contributed by atoms with Crippen LogP contribution in [0.3, 0.4) is 0 Å². The summed E-state index contributed by atoms with van der Waals surface area (Å²) < 4.78 is 27.4. The van der Waals surface area contributed by atoms with Gasteiger partial charge in [0.2, 0.25) is 0 Å². The molecule has 2 aliphatic rings. The van der Waals surface area contributed by atoms with E-state index in [1.807, 2.05) is 0 Å². The highest BCUT2D eigenvalue weighted by atomic mass is 19.1. The minimum absolute atomic E-state index is 0.223. The highest BCUT2D eigenvalue weighted by molar-refractivity contribution is 5.28. The molecule has 4 heteroatoms. The standard InChI is InChI=1S/C16H22F2N2/c1-9-4-13(15(18)8-14(9)17)16(20-19)7-12-6-10-2-3-11(12)5-10/h4,8,10-12,16,20H,2-3,5-7,19H2,1H3. The number of rotatable bonds is 4. The molecule has 0 amide bonds. The van der Waals surface area contributed by atoms with E-state index in [2.05, 4.69) is 5.43 Å². The topological polar surface area (TPSA) is 38.0 Å². The first-order valence-electron chi connectivity index (χ1n) is 7.50. The summed E-state index contributed by atoms with van der Waals surface area (Å²) in [7, 11) is 0. The van der Waals surface area contributed by atoms with Crippen molar-refractivity contribution >= 4 is 0 Å². The van der Waals surface area contributed by atoms with E-state index in [1.54, 1.807) is 13.0 Å². The first-order chi connectivity index (χ1) is 9.58. The Labute approximate surface area is 118 Å². The Bertz CT molecular complexity index is 503. The molecule has 2 bridgehead atoms. The molecule has 0 spiro atoms. The fraction of sp³-hybridized carbons (Fsp3) is 0.625. The van der Waals surface area contributed by atoms with Gasteiger partial charge in [0.05, 0.1) is 0 Å². The molecule has 1 aromatic carbocycles. The summed E-state index contributed by atoms with van der Waals surface area (Å²) in [6.45, 7) is 1.66. The predicted octanol–water partition coefficient (Wildman–Crippen LogP) is 3.60. The highest BCUT2D eigenvalue weighted by Crippen LogP contribution is 2.51. The van der Waals surface area contributed by atoms with Gasteiger partial charge in [0.15, 0.2) is 0 Å². The Morgan fingerprint density at radius 3 is 2.65 bits per heavy atom. The number of halogens is 2. The molecule has 4 unspecified atom stereocenters. The third-order valence-corrected chi connectivity index (χ3v) is 5.28. The molecule has 110 valence electrons. The van der Waals surface area contributed by atoms with Crippen molar-refractivity contribution in [3.05, 3.63) is 34.9 Å². The van der Waals surface area contributed by atoms with Crippen molar-refractivity contribution < 1.29 is 8.78 Å². The maximum atomic E-state index is 14.0. The molecule has 0 heterocycles. The Morgan fingerprint density at radius 1 is 1.25 bits per heavy atom. The predicted molar refractivity (Wildman–Crippen MR) is 74.7 cm³/mol. The first kappa shape index (κ1) is 14.0. The minimum Gasteiger partial charge on any atom is -0.271 e. The summed E-state index contributed by atoms with van der Waals surface area (Å²) >= 11 is 0. The summed E-state index contributed by atoms with van der Waals surface area (Å²) in [6.07, 6.45) is 6.07. The Balaban J connectivity index is 1.78. The van der Waals surface area contributed by atoms with Crippen LogP contribution in [-0.2, 0) is 0 Å². The molecular formula is C16H22F2N2. The fourth-order valence-corrected chi connectivity index (χ4v) is 4.20. The smallest absolute Gasteiger partial charge is 0.130 e. The zero-order valence-electron chi connectivity index (χ0n) is 11.8. The number of nitrogens with two attached hydrogens (primary N) is 1. The van der Waals surface area contributed by atoms with Gasteiger partial charge in [0.25, 0.3) is 0 Å². The van der Waals surface area contributed by atoms with E-state index in [4.69, 9.17) is 5.84 Å². The minimum atomic E-state index is -0.501. The van der Waals surface area contributed by atoms with E-state index >= 15 is 0 Å². The molecule has 3 rings (SSSR count).